The summed E-state index contributed by atoms with van der Waals surface area (Å²) in [6.45, 7) is 10.2. The fraction of sp³-hybridized carbons (Fsp3) is 0.667. The Labute approximate surface area is 133 Å². The van der Waals surface area contributed by atoms with E-state index in [2.05, 4.69) is 9.88 Å². The first-order valence-corrected chi connectivity index (χ1v) is 9.19. The molecule has 0 aliphatic carbocycles. The first-order chi connectivity index (χ1) is 10.4. The van der Waals surface area contributed by atoms with Gasteiger partial charge in [-0.15, -0.1) is 0 Å². The zero-order chi connectivity index (χ0) is 16.3. The molecule has 0 N–H and O–H groups in total. The Morgan fingerprint density at radius 2 is 1.82 bits per heavy atom. The Bertz CT molecular complexity index is 575. The SMILES string of the molecule is CCN(CC)S(=O)(=O)c1ccc(N2C[C@H](C)O[C@@H](C)C2)nc1. The van der Waals surface area contributed by atoms with Gasteiger partial charge in [-0.1, -0.05) is 13.8 Å². The Hall–Kier alpha value is -1.18. The van der Waals surface area contributed by atoms with E-state index in [1.807, 2.05) is 27.7 Å². The van der Waals surface area contributed by atoms with Gasteiger partial charge in [0.05, 0.1) is 12.2 Å². The molecule has 1 aromatic rings. The van der Waals surface area contributed by atoms with Gasteiger partial charge in [0.25, 0.3) is 0 Å². The maximum atomic E-state index is 12.4. The molecular formula is C15H25N3O3S. The molecule has 0 saturated carbocycles. The highest BCUT2D eigenvalue weighted by molar-refractivity contribution is 7.89. The zero-order valence-electron chi connectivity index (χ0n) is 13.7. The summed E-state index contributed by atoms with van der Waals surface area (Å²) in [5, 5.41) is 0. The minimum absolute atomic E-state index is 0.143. The van der Waals surface area contributed by atoms with Gasteiger partial charge in [0.1, 0.15) is 10.7 Å². The second kappa shape index (κ2) is 6.93. The molecule has 1 aromatic heterocycles. The Morgan fingerprint density at radius 1 is 1.23 bits per heavy atom. The van der Waals surface area contributed by atoms with Crippen LogP contribution in [0.2, 0.25) is 0 Å². The van der Waals surface area contributed by atoms with Gasteiger partial charge in [-0.2, -0.15) is 4.31 Å². The minimum atomic E-state index is -3.44. The second-order valence-corrected chi connectivity index (χ2v) is 7.54. The van der Waals surface area contributed by atoms with Crippen LogP contribution in [0.4, 0.5) is 5.82 Å². The third kappa shape index (κ3) is 3.59. The van der Waals surface area contributed by atoms with Gasteiger partial charge in [-0.25, -0.2) is 13.4 Å². The molecule has 0 spiro atoms. The van der Waals surface area contributed by atoms with Crippen LogP contribution in [0.15, 0.2) is 23.2 Å². The van der Waals surface area contributed by atoms with Crippen molar-refractivity contribution in [3.63, 3.8) is 0 Å². The number of pyridine rings is 1. The van der Waals surface area contributed by atoms with E-state index in [-0.39, 0.29) is 17.1 Å². The molecule has 1 aliphatic rings. The Morgan fingerprint density at radius 3 is 2.27 bits per heavy atom. The quantitative estimate of drug-likeness (QED) is 0.824. The highest BCUT2D eigenvalue weighted by atomic mass is 32.2. The van der Waals surface area contributed by atoms with E-state index in [0.29, 0.717) is 13.1 Å². The molecule has 124 valence electrons. The van der Waals surface area contributed by atoms with Crippen molar-refractivity contribution in [1.82, 2.24) is 9.29 Å². The zero-order valence-corrected chi connectivity index (χ0v) is 14.5. The molecule has 7 heteroatoms. The van der Waals surface area contributed by atoms with Gasteiger partial charge in [0.15, 0.2) is 0 Å². The van der Waals surface area contributed by atoms with E-state index < -0.39 is 10.0 Å². The molecule has 1 aliphatic heterocycles. The number of ether oxygens (including phenoxy) is 1. The van der Waals surface area contributed by atoms with Gasteiger partial charge in [0, 0.05) is 32.4 Å². The molecule has 0 bridgehead atoms. The number of hydrogen-bond donors (Lipinski definition) is 0. The molecule has 0 unspecified atom stereocenters. The standard InChI is InChI=1S/C15H25N3O3S/c1-5-18(6-2)22(19,20)14-7-8-15(16-9-14)17-10-12(3)21-13(4)11-17/h7-9,12-13H,5-6,10-11H2,1-4H3/t12-,13-/m0/s1. The van der Waals surface area contributed by atoms with Crippen molar-refractivity contribution in [2.45, 2.75) is 44.8 Å². The van der Waals surface area contributed by atoms with Crippen LogP contribution in [0.25, 0.3) is 0 Å². The molecular weight excluding hydrogens is 302 g/mol. The molecule has 6 nitrogen and oxygen atoms in total. The summed E-state index contributed by atoms with van der Waals surface area (Å²) in [5.74, 6) is 0.792. The Balaban J connectivity index is 2.20. The van der Waals surface area contributed by atoms with Gasteiger partial charge in [-0.3, -0.25) is 0 Å². The summed E-state index contributed by atoms with van der Waals surface area (Å²) in [7, 11) is -3.44. The van der Waals surface area contributed by atoms with Crippen LogP contribution in [-0.4, -0.2) is 56.1 Å². The van der Waals surface area contributed by atoms with E-state index in [1.165, 1.54) is 10.5 Å². The van der Waals surface area contributed by atoms with Crippen LogP contribution in [0.1, 0.15) is 27.7 Å². The van der Waals surface area contributed by atoms with Crippen molar-refractivity contribution in [2.75, 3.05) is 31.1 Å². The second-order valence-electron chi connectivity index (χ2n) is 5.60. The lowest BCUT2D eigenvalue weighted by atomic mass is 10.2. The van der Waals surface area contributed by atoms with Crippen LogP contribution >= 0.6 is 0 Å². The summed E-state index contributed by atoms with van der Waals surface area (Å²) in [6, 6.07) is 3.42. The number of aromatic nitrogens is 1. The highest BCUT2D eigenvalue weighted by Gasteiger charge is 2.25. The first kappa shape index (κ1) is 17.2. The third-order valence-electron chi connectivity index (χ3n) is 3.81. The van der Waals surface area contributed by atoms with Crippen LogP contribution in [0, 0.1) is 0 Å². The summed E-state index contributed by atoms with van der Waals surface area (Å²) in [5.41, 5.74) is 0. The summed E-state index contributed by atoms with van der Waals surface area (Å²) >= 11 is 0. The van der Waals surface area contributed by atoms with Gasteiger partial charge in [-0.05, 0) is 26.0 Å². The third-order valence-corrected chi connectivity index (χ3v) is 5.84. The fourth-order valence-electron chi connectivity index (χ4n) is 2.79. The maximum Gasteiger partial charge on any atom is 0.244 e. The Kier molecular flexibility index (Phi) is 5.41. The summed E-state index contributed by atoms with van der Waals surface area (Å²) in [6.07, 6.45) is 1.74. The summed E-state index contributed by atoms with van der Waals surface area (Å²) in [4.78, 5) is 6.73. The molecule has 22 heavy (non-hydrogen) atoms. The normalized spacial score (nSPS) is 23.0. The predicted molar refractivity (Wildman–Crippen MR) is 86.6 cm³/mol. The average Bonchev–Trinajstić information content (AvgIpc) is 2.47. The number of morpholine rings is 1. The van der Waals surface area contributed by atoms with E-state index in [0.717, 1.165) is 18.9 Å². The molecule has 0 radical (unpaired) electrons. The van der Waals surface area contributed by atoms with Gasteiger partial charge < -0.3 is 9.64 Å². The van der Waals surface area contributed by atoms with E-state index >= 15 is 0 Å². The lowest BCUT2D eigenvalue weighted by Gasteiger charge is -2.36. The van der Waals surface area contributed by atoms with Crippen molar-refractivity contribution in [3.8, 4) is 0 Å². The molecule has 2 atom stereocenters. The topological polar surface area (TPSA) is 62.7 Å². The minimum Gasteiger partial charge on any atom is -0.372 e. The van der Waals surface area contributed by atoms with Gasteiger partial charge in [0.2, 0.25) is 10.0 Å². The van der Waals surface area contributed by atoms with Crippen LogP contribution in [0.5, 0.6) is 0 Å². The number of sulfonamides is 1. The highest BCUT2D eigenvalue weighted by Crippen LogP contribution is 2.21. The molecule has 0 amide bonds. The molecule has 2 heterocycles. The van der Waals surface area contributed by atoms with Crippen molar-refractivity contribution in [1.29, 1.82) is 0 Å². The van der Waals surface area contributed by atoms with Crippen molar-refractivity contribution in [2.24, 2.45) is 0 Å². The summed E-state index contributed by atoms with van der Waals surface area (Å²) < 4.78 is 32.0. The van der Waals surface area contributed by atoms with Crippen LogP contribution in [0.3, 0.4) is 0 Å². The van der Waals surface area contributed by atoms with Gasteiger partial charge >= 0.3 is 0 Å². The van der Waals surface area contributed by atoms with Crippen molar-refractivity contribution < 1.29 is 13.2 Å². The van der Waals surface area contributed by atoms with E-state index in [9.17, 15) is 8.42 Å². The van der Waals surface area contributed by atoms with Crippen LogP contribution < -0.4 is 4.90 Å². The van der Waals surface area contributed by atoms with Crippen molar-refractivity contribution >= 4 is 15.8 Å². The predicted octanol–water partition coefficient (Wildman–Crippen LogP) is 1.73. The lowest BCUT2D eigenvalue weighted by molar-refractivity contribution is -0.00546. The van der Waals surface area contributed by atoms with E-state index in [4.69, 9.17) is 4.74 Å². The fourth-order valence-corrected chi connectivity index (χ4v) is 4.19. The first-order valence-electron chi connectivity index (χ1n) is 7.75. The molecule has 2 rings (SSSR count). The lowest BCUT2D eigenvalue weighted by Crippen LogP contribution is -2.45. The van der Waals surface area contributed by atoms with E-state index in [1.54, 1.807) is 12.1 Å². The molecule has 0 aromatic carbocycles. The largest absolute Gasteiger partial charge is 0.372 e. The molecule has 1 saturated heterocycles. The molecule has 1 fully saturated rings. The smallest absolute Gasteiger partial charge is 0.244 e. The number of hydrogen-bond acceptors (Lipinski definition) is 5. The van der Waals surface area contributed by atoms with Crippen LogP contribution in [-0.2, 0) is 14.8 Å². The number of nitrogens with zero attached hydrogens (tertiary/aromatic N) is 3. The van der Waals surface area contributed by atoms with Crippen molar-refractivity contribution in [3.05, 3.63) is 18.3 Å². The maximum absolute atomic E-state index is 12.4. The average molecular weight is 327 g/mol. The number of anilines is 1. The monoisotopic (exact) mass is 327 g/mol. The number of rotatable bonds is 5.